The van der Waals surface area contributed by atoms with Crippen LogP contribution in [0.2, 0.25) is 0 Å². The molecule has 0 radical (unpaired) electrons. The molecule has 3 rings (SSSR count). The van der Waals surface area contributed by atoms with E-state index in [1.54, 1.807) is 0 Å². The van der Waals surface area contributed by atoms with Crippen LogP contribution >= 0.6 is 0 Å². The summed E-state index contributed by atoms with van der Waals surface area (Å²) in [6.07, 6.45) is 4.44. The van der Waals surface area contributed by atoms with Gasteiger partial charge in [0.05, 0.1) is 19.3 Å². The molecule has 128 valence electrons. The average molecular weight is 321 g/mol. The highest BCUT2D eigenvalue weighted by Crippen LogP contribution is 2.22. The number of aryl methyl sites for hydroxylation is 1. The van der Waals surface area contributed by atoms with Gasteiger partial charge in [-0.3, -0.25) is 14.6 Å². The first-order valence-corrected chi connectivity index (χ1v) is 8.40. The second-order valence-electron chi connectivity index (χ2n) is 6.44. The number of likely N-dealkylation sites (N-methyl/N-ethyl adjacent to an activating group) is 1. The molecule has 2 aliphatic heterocycles. The molecule has 2 aliphatic rings. The van der Waals surface area contributed by atoms with Crippen molar-refractivity contribution in [2.24, 2.45) is 7.05 Å². The van der Waals surface area contributed by atoms with Crippen molar-refractivity contribution in [2.75, 3.05) is 59.5 Å². The number of hydrogen-bond donors (Lipinski definition) is 0. The van der Waals surface area contributed by atoms with Crippen LogP contribution in [0, 0.1) is 0 Å². The van der Waals surface area contributed by atoms with Crippen LogP contribution in [0.25, 0.3) is 0 Å². The highest BCUT2D eigenvalue weighted by atomic mass is 16.5. The van der Waals surface area contributed by atoms with Gasteiger partial charge in [0, 0.05) is 65.1 Å². The second kappa shape index (κ2) is 7.42. The maximum Gasteiger partial charge on any atom is 0.224 e. The lowest BCUT2D eigenvalue weighted by molar-refractivity contribution is -0.135. The van der Waals surface area contributed by atoms with E-state index in [9.17, 15) is 4.79 Å². The van der Waals surface area contributed by atoms with Gasteiger partial charge < -0.3 is 14.2 Å². The van der Waals surface area contributed by atoms with Crippen LogP contribution in [0.15, 0.2) is 12.4 Å². The Hall–Kier alpha value is -1.44. The molecule has 0 aromatic carbocycles. The fourth-order valence-electron chi connectivity index (χ4n) is 3.33. The molecule has 3 heterocycles. The van der Waals surface area contributed by atoms with E-state index in [4.69, 9.17) is 4.74 Å². The summed E-state index contributed by atoms with van der Waals surface area (Å²) in [5.41, 5.74) is 0. The fraction of sp³-hybridized carbons (Fsp3) is 0.750. The molecule has 1 aromatic heterocycles. The zero-order valence-electron chi connectivity index (χ0n) is 14.1. The van der Waals surface area contributed by atoms with Crippen molar-refractivity contribution in [1.82, 2.24) is 24.3 Å². The topological polar surface area (TPSA) is 53.8 Å². The van der Waals surface area contributed by atoms with Crippen molar-refractivity contribution in [1.29, 1.82) is 0 Å². The van der Waals surface area contributed by atoms with Crippen LogP contribution in [0.1, 0.15) is 18.3 Å². The molecule has 7 heteroatoms. The number of piperazine rings is 1. The molecule has 23 heavy (non-hydrogen) atoms. The lowest BCUT2D eigenvalue weighted by Gasteiger charge is -2.39. The maximum absolute atomic E-state index is 12.3. The van der Waals surface area contributed by atoms with Crippen LogP contribution in [0.5, 0.6) is 0 Å². The number of amides is 1. The second-order valence-corrected chi connectivity index (χ2v) is 6.44. The largest absolute Gasteiger partial charge is 0.378 e. The predicted octanol–water partition coefficient (Wildman–Crippen LogP) is -0.0425. The SMILES string of the molecule is CN1CCN(CCC(=O)N2CCOCC2)CC1c1nccn1C. The Morgan fingerprint density at radius 3 is 2.74 bits per heavy atom. The Morgan fingerprint density at radius 1 is 1.26 bits per heavy atom. The lowest BCUT2D eigenvalue weighted by atomic mass is 10.1. The van der Waals surface area contributed by atoms with E-state index in [0.29, 0.717) is 25.7 Å². The standard InChI is InChI=1S/C16H27N5O2/c1-18-7-8-20(13-14(18)16-17-4-6-19(16)2)5-3-15(22)21-9-11-23-12-10-21/h4,6,14H,3,5,7-13H2,1-2H3. The lowest BCUT2D eigenvalue weighted by Crippen LogP contribution is -2.48. The van der Waals surface area contributed by atoms with Crippen LogP contribution in [-0.4, -0.2) is 89.7 Å². The summed E-state index contributed by atoms with van der Waals surface area (Å²) in [7, 11) is 4.19. The number of rotatable bonds is 4. The van der Waals surface area contributed by atoms with Crippen molar-refractivity contribution in [3.8, 4) is 0 Å². The van der Waals surface area contributed by atoms with Crippen molar-refractivity contribution in [3.63, 3.8) is 0 Å². The minimum absolute atomic E-state index is 0.251. The molecule has 2 fully saturated rings. The summed E-state index contributed by atoms with van der Waals surface area (Å²) >= 11 is 0. The van der Waals surface area contributed by atoms with Gasteiger partial charge in [0.2, 0.25) is 5.91 Å². The molecule has 0 aliphatic carbocycles. The third-order valence-electron chi connectivity index (χ3n) is 4.89. The predicted molar refractivity (Wildman–Crippen MR) is 87.0 cm³/mol. The van der Waals surface area contributed by atoms with Gasteiger partial charge >= 0.3 is 0 Å². The molecule has 0 spiro atoms. The minimum Gasteiger partial charge on any atom is -0.378 e. The Morgan fingerprint density at radius 2 is 2.04 bits per heavy atom. The first-order chi connectivity index (χ1) is 11.1. The zero-order valence-corrected chi connectivity index (χ0v) is 14.1. The highest BCUT2D eigenvalue weighted by molar-refractivity contribution is 5.76. The molecule has 1 unspecified atom stereocenters. The minimum atomic E-state index is 0.251. The zero-order chi connectivity index (χ0) is 16.2. The third-order valence-corrected chi connectivity index (χ3v) is 4.89. The van der Waals surface area contributed by atoms with Crippen molar-refractivity contribution in [3.05, 3.63) is 18.2 Å². The van der Waals surface area contributed by atoms with Crippen molar-refractivity contribution >= 4 is 5.91 Å². The Balaban J connectivity index is 1.52. The van der Waals surface area contributed by atoms with E-state index in [1.807, 2.05) is 24.3 Å². The smallest absolute Gasteiger partial charge is 0.224 e. The summed E-state index contributed by atoms with van der Waals surface area (Å²) in [5, 5.41) is 0. The Bertz CT molecular complexity index is 526. The summed E-state index contributed by atoms with van der Waals surface area (Å²) in [6.45, 7) is 6.57. The molecule has 1 aromatic rings. The monoisotopic (exact) mass is 321 g/mol. The molecule has 1 atom stereocenters. The number of imidazole rings is 1. The molecule has 0 N–H and O–H groups in total. The number of nitrogens with zero attached hydrogens (tertiary/aromatic N) is 5. The first-order valence-electron chi connectivity index (χ1n) is 8.40. The third kappa shape index (κ3) is 3.91. The van der Waals surface area contributed by atoms with Crippen LogP contribution in [-0.2, 0) is 16.6 Å². The van der Waals surface area contributed by atoms with Crippen LogP contribution < -0.4 is 0 Å². The molecule has 7 nitrogen and oxygen atoms in total. The van der Waals surface area contributed by atoms with Gasteiger partial charge in [0.25, 0.3) is 0 Å². The van der Waals surface area contributed by atoms with Gasteiger partial charge in [-0.05, 0) is 7.05 Å². The normalized spacial score (nSPS) is 24.1. The summed E-state index contributed by atoms with van der Waals surface area (Å²) in [4.78, 5) is 23.4. The number of carbonyl (C=O) groups excluding carboxylic acids is 1. The highest BCUT2D eigenvalue weighted by Gasteiger charge is 2.28. The van der Waals surface area contributed by atoms with Gasteiger partial charge in [0.15, 0.2) is 0 Å². The molecular weight excluding hydrogens is 294 g/mol. The first kappa shape index (κ1) is 16.4. The van der Waals surface area contributed by atoms with Crippen LogP contribution in [0.3, 0.4) is 0 Å². The van der Waals surface area contributed by atoms with Crippen molar-refractivity contribution < 1.29 is 9.53 Å². The maximum atomic E-state index is 12.3. The van der Waals surface area contributed by atoms with Gasteiger partial charge in [-0.1, -0.05) is 0 Å². The van der Waals surface area contributed by atoms with E-state index in [1.165, 1.54) is 0 Å². The number of ether oxygens (including phenoxy) is 1. The molecule has 0 saturated carbocycles. The Labute approximate surface area is 137 Å². The summed E-state index contributed by atoms with van der Waals surface area (Å²) < 4.78 is 7.39. The average Bonchev–Trinajstić information content (AvgIpc) is 3.00. The van der Waals surface area contributed by atoms with Gasteiger partial charge in [0.1, 0.15) is 5.82 Å². The number of morpholine rings is 1. The van der Waals surface area contributed by atoms with Crippen molar-refractivity contribution in [2.45, 2.75) is 12.5 Å². The molecule has 1 amide bonds. The number of hydrogen-bond acceptors (Lipinski definition) is 5. The van der Waals surface area contributed by atoms with E-state index in [2.05, 4.69) is 26.4 Å². The van der Waals surface area contributed by atoms with Crippen LogP contribution in [0.4, 0.5) is 0 Å². The quantitative estimate of drug-likeness (QED) is 0.779. The summed E-state index contributed by atoms with van der Waals surface area (Å²) in [5.74, 6) is 1.34. The van der Waals surface area contributed by atoms with E-state index in [0.717, 1.165) is 45.1 Å². The summed E-state index contributed by atoms with van der Waals surface area (Å²) in [6, 6.07) is 0.294. The van der Waals surface area contributed by atoms with Gasteiger partial charge in [-0.15, -0.1) is 0 Å². The molecule has 0 bridgehead atoms. The van der Waals surface area contributed by atoms with Gasteiger partial charge in [-0.25, -0.2) is 4.98 Å². The number of carbonyl (C=O) groups is 1. The fourth-order valence-corrected chi connectivity index (χ4v) is 3.33. The number of aromatic nitrogens is 2. The van der Waals surface area contributed by atoms with Gasteiger partial charge in [-0.2, -0.15) is 0 Å². The molecule has 2 saturated heterocycles. The Kier molecular flexibility index (Phi) is 5.30. The van der Waals surface area contributed by atoms with E-state index >= 15 is 0 Å². The van der Waals surface area contributed by atoms with E-state index < -0.39 is 0 Å². The molecular formula is C16H27N5O2. The van der Waals surface area contributed by atoms with E-state index in [-0.39, 0.29) is 5.91 Å².